The zero-order chi connectivity index (χ0) is 21.4. The molecule has 1 amide bonds. The SMILES string of the molecule is CC(C)C/C=C1/C2CC3(C(=O)NC4CCC(N)CC4)CC4(c5ccccc5)CC1C34C2. The van der Waals surface area contributed by atoms with Crippen molar-refractivity contribution in [2.45, 2.75) is 89.1 Å². The molecule has 5 aliphatic rings. The molecule has 1 aromatic rings. The molecule has 3 heteroatoms. The van der Waals surface area contributed by atoms with Crippen molar-refractivity contribution in [3.05, 3.63) is 47.5 Å². The number of carbonyl (C=O) groups is 1. The number of allylic oxidation sites excluding steroid dienone is 2. The van der Waals surface area contributed by atoms with Crippen LogP contribution in [0.25, 0.3) is 0 Å². The molecule has 0 aliphatic heterocycles. The lowest BCUT2D eigenvalue weighted by atomic mass is 9.23. The van der Waals surface area contributed by atoms with Gasteiger partial charge in [-0.1, -0.05) is 55.8 Å². The summed E-state index contributed by atoms with van der Waals surface area (Å²) >= 11 is 0. The van der Waals surface area contributed by atoms with Crippen LogP contribution in [0.15, 0.2) is 42.0 Å². The average Bonchev–Trinajstić information content (AvgIpc) is 3.23. The fourth-order valence-corrected chi connectivity index (χ4v) is 8.96. The van der Waals surface area contributed by atoms with E-state index in [1.165, 1.54) is 24.8 Å². The van der Waals surface area contributed by atoms with Crippen LogP contribution in [-0.2, 0) is 10.2 Å². The zero-order valence-electron chi connectivity index (χ0n) is 19.2. The van der Waals surface area contributed by atoms with Crippen LogP contribution in [0.1, 0.15) is 77.2 Å². The second kappa shape index (κ2) is 6.70. The maximum atomic E-state index is 13.9. The third kappa shape index (κ3) is 2.42. The van der Waals surface area contributed by atoms with Gasteiger partial charge in [0.2, 0.25) is 5.91 Å². The van der Waals surface area contributed by atoms with Crippen molar-refractivity contribution in [2.24, 2.45) is 34.3 Å². The van der Waals surface area contributed by atoms with Gasteiger partial charge in [-0.25, -0.2) is 0 Å². The van der Waals surface area contributed by atoms with Gasteiger partial charge in [0.05, 0.1) is 5.41 Å². The molecule has 3 N–H and O–H groups in total. The van der Waals surface area contributed by atoms with E-state index in [0.29, 0.717) is 35.7 Å². The third-order valence-corrected chi connectivity index (χ3v) is 10.2. The van der Waals surface area contributed by atoms with Gasteiger partial charge < -0.3 is 11.1 Å². The van der Waals surface area contributed by atoms with E-state index in [4.69, 9.17) is 5.73 Å². The first-order chi connectivity index (χ1) is 14.9. The van der Waals surface area contributed by atoms with Crippen LogP contribution in [0.2, 0.25) is 0 Å². The topological polar surface area (TPSA) is 55.1 Å². The molecule has 5 fully saturated rings. The summed E-state index contributed by atoms with van der Waals surface area (Å²) in [7, 11) is 0. The Morgan fingerprint density at radius 1 is 1.13 bits per heavy atom. The van der Waals surface area contributed by atoms with Crippen LogP contribution < -0.4 is 11.1 Å². The van der Waals surface area contributed by atoms with Gasteiger partial charge >= 0.3 is 0 Å². The van der Waals surface area contributed by atoms with Crippen molar-refractivity contribution in [1.82, 2.24) is 5.32 Å². The van der Waals surface area contributed by atoms with E-state index >= 15 is 0 Å². The van der Waals surface area contributed by atoms with E-state index in [1.807, 2.05) is 0 Å². The number of hydrogen-bond acceptors (Lipinski definition) is 2. The number of hydrogen-bond donors (Lipinski definition) is 2. The minimum atomic E-state index is -0.134. The van der Waals surface area contributed by atoms with Crippen molar-refractivity contribution in [3.8, 4) is 0 Å². The monoisotopic (exact) mass is 418 g/mol. The first kappa shape index (κ1) is 20.0. The molecule has 166 valence electrons. The minimum Gasteiger partial charge on any atom is -0.353 e. The Labute approximate surface area is 187 Å². The molecule has 5 saturated carbocycles. The van der Waals surface area contributed by atoms with Crippen molar-refractivity contribution in [3.63, 3.8) is 0 Å². The van der Waals surface area contributed by atoms with Crippen LogP contribution >= 0.6 is 0 Å². The zero-order valence-corrected chi connectivity index (χ0v) is 19.2. The molecule has 0 radical (unpaired) electrons. The summed E-state index contributed by atoms with van der Waals surface area (Å²) in [6.07, 6.45) is 12.6. The Balaban J connectivity index is 1.32. The smallest absolute Gasteiger partial charge is 0.227 e. The molecule has 31 heavy (non-hydrogen) atoms. The molecule has 0 saturated heterocycles. The van der Waals surface area contributed by atoms with Crippen molar-refractivity contribution in [1.29, 1.82) is 0 Å². The molecule has 0 aromatic heterocycles. The van der Waals surface area contributed by atoms with E-state index in [-0.39, 0.29) is 16.2 Å². The van der Waals surface area contributed by atoms with Gasteiger partial charge in [0, 0.05) is 22.9 Å². The summed E-state index contributed by atoms with van der Waals surface area (Å²) in [6, 6.07) is 11.8. The molecule has 5 unspecified atom stereocenters. The highest BCUT2D eigenvalue weighted by molar-refractivity contribution is 5.89. The molecule has 2 bridgehead atoms. The van der Waals surface area contributed by atoms with Crippen molar-refractivity contribution < 1.29 is 4.79 Å². The fraction of sp³-hybridized carbons (Fsp3) is 0.679. The maximum absolute atomic E-state index is 13.9. The van der Waals surface area contributed by atoms with Gasteiger partial charge in [-0.2, -0.15) is 0 Å². The molecule has 1 spiro atoms. The Morgan fingerprint density at radius 3 is 2.58 bits per heavy atom. The van der Waals surface area contributed by atoms with Gasteiger partial charge in [-0.05, 0) is 81.1 Å². The summed E-state index contributed by atoms with van der Waals surface area (Å²) in [5, 5.41) is 3.54. The molecular formula is C28H38N2O. The molecule has 1 aromatic carbocycles. The van der Waals surface area contributed by atoms with Crippen molar-refractivity contribution in [2.75, 3.05) is 0 Å². The second-order valence-electron chi connectivity index (χ2n) is 12.0. The van der Waals surface area contributed by atoms with E-state index in [0.717, 1.165) is 38.5 Å². The van der Waals surface area contributed by atoms with Gasteiger partial charge in [0.1, 0.15) is 0 Å². The lowest BCUT2D eigenvalue weighted by Crippen LogP contribution is -2.80. The maximum Gasteiger partial charge on any atom is 0.227 e. The van der Waals surface area contributed by atoms with E-state index in [2.05, 4.69) is 55.6 Å². The van der Waals surface area contributed by atoms with Crippen LogP contribution in [0, 0.1) is 28.6 Å². The molecule has 0 heterocycles. The Kier molecular flexibility index (Phi) is 4.33. The van der Waals surface area contributed by atoms with E-state index < -0.39 is 0 Å². The number of fused-ring (bicyclic) bond motifs is 1. The van der Waals surface area contributed by atoms with Gasteiger partial charge in [0.15, 0.2) is 0 Å². The number of nitrogens with one attached hydrogen (secondary N) is 1. The number of nitrogens with two attached hydrogens (primary N) is 1. The highest BCUT2D eigenvalue weighted by Gasteiger charge is 2.90. The van der Waals surface area contributed by atoms with Crippen LogP contribution in [0.3, 0.4) is 0 Å². The molecule has 6 rings (SSSR count). The van der Waals surface area contributed by atoms with Crippen LogP contribution in [0.5, 0.6) is 0 Å². The molecule has 5 aliphatic carbocycles. The van der Waals surface area contributed by atoms with E-state index in [9.17, 15) is 4.79 Å². The molecule has 5 atom stereocenters. The highest BCUT2D eigenvalue weighted by atomic mass is 16.2. The number of carbonyl (C=O) groups excluding carboxylic acids is 1. The normalized spacial score (nSPS) is 45.9. The van der Waals surface area contributed by atoms with Crippen LogP contribution in [-0.4, -0.2) is 18.0 Å². The average molecular weight is 419 g/mol. The van der Waals surface area contributed by atoms with Gasteiger partial charge in [0.25, 0.3) is 0 Å². The summed E-state index contributed by atoms with van der Waals surface area (Å²) < 4.78 is 0. The minimum absolute atomic E-state index is 0.134. The third-order valence-electron chi connectivity index (χ3n) is 10.2. The summed E-state index contributed by atoms with van der Waals surface area (Å²) in [5.41, 5.74) is 9.58. The van der Waals surface area contributed by atoms with Gasteiger partial charge in [-0.15, -0.1) is 0 Å². The number of amides is 1. The summed E-state index contributed by atoms with van der Waals surface area (Å²) in [4.78, 5) is 13.9. The standard InChI is InChI=1S/C28H38N2O/c1-18(2)8-13-23-19-14-27(25(31)30-22-11-9-21(29)10-12-22)17-26(20-6-4-3-5-7-20)16-24(23)28(26,27)15-19/h3-7,13,18-19,21-22,24H,8-12,14-17,29H2,1-2H3,(H,30,31)/b23-13-. The molecular weight excluding hydrogens is 380 g/mol. The Bertz CT molecular complexity index is 914. The lowest BCUT2D eigenvalue weighted by molar-refractivity contribution is -0.249. The Morgan fingerprint density at radius 2 is 1.87 bits per heavy atom. The number of rotatable bonds is 5. The summed E-state index contributed by atoms with van der Waals surface area (Å²) in [6.45, 7) is 4.63. The van der Waals surface area contributed by atoms with Crippen LogP contribution in [0.4, 0.5) is 0 Å². The first-order valence-electron chi connectivity index (χ1n) is 12.7. The predicted octanol–water partition coefficient (Wildman–Crippen LogP) is 5.10. The number of benzene rings is 1. The predicted molar refractivity (Wildman–Crippen MR) is 124 cm³/mol. The second-order valence-corrected chi connectivity index (χ2v) is 12.0. The lowest BCUT2D eigenvalue weighted by Gasteiger charge is -2.79. The fourth-order valence-electron chi connectivity index (χ4n) is 8.96. The molecule has 3 nitrogen and oxygen atoms in total. The van der Waals surface area contributed by atoms with Gasteiger partial charge in [-0.3, -0.25) is 4.79 Å². The highest BCUT2D eigenvalue weighted by Crippen LogP contribution is 2.92. The Hall–Kier alpha value is -1.61. The summed E-state index contributed by atoms with van der Waals surface area (Å²) in [5.74, 6) is 2.34. The largest absolute Gasteiger partial charge is 0.353 e. The van der Waals surface area contributed by atoms with E-state index in [1.54, 1.807) is 5.57 Å². The quantitative estimate of drug-likeness (QED) is 0.654. The first-order valence-corrected chi connectivity index (χ1v) is 12.7. The van der Waals surface area contributed by atoms with Crippen molar-refractivity contribution >= 4 is 5.91 Å².